The van der Waals surface area contributed by atoms with Crippen molar-refractivity contribution in [3.8, 4) is 11.5 Å². The van der Waals surface area contributed by atoms with E-state index < -0.39 is 0 Å². The number of hydrazone groups is 1. The number of carbonyl (C=O) groups excluding carboxylic acids is 1. The number of nitrogens with one attached hydrogen (secondary N) is 1. The molecule has 1 N–H and O–H groups in total. The molecule has 5 nitrogen and oxygen atoms in total. The fourth-order valence-electron chi connectivity index (χ4n) is 2.42. The summed E-state index contributed by atoms with van der Waals surface area (Å²) in [6.07, 6.45) is 3.44. The van der Waals surface area contributed by atoms with Gasteiger partial charge in [-0.1, -0.05) is 24.3 Å². The van der Waals surface area contributed by atoms with Crippen LogP contribution in [-0.4, -0.2) is 25.8 Å². The number of methoxy groups -OCH3 is 1. The molecule has 0 radical (unpaired) electrons. The molecule has 6 heteroatoms. The first kappa shape index (κ1) is 21.0. The van der Waals surface area contributed by atoms with Crippen LogP contribution in [0.3, 0.4) is 0 Å². The third-order valence-electron chi connectivity index (χ3n) is 3.83. The van der Waals surface area contributed by atoms with Crippen LogP contribution in [0.5, 0.6) is 11.5 Å². The minimum atomic E-state index is -0.247. The summed E-state index contributed by atoms with van der Waals surface area (Å²) in [6.45, 7) is 6.22. The molecule has 27 heavy (non-hydrogen) atoms. The van der Waals surface area contributed by atoms with Gasteiger partial charge in [0.05, 0.1) is 23.5 Å². The lowest BCUT2D eigenvalue weighted by molar-refractivity contribution is -0.117. The van der Waals surface area contributed by atoms with Gasteiger partial charge in [-0.15, -0.1) is 0 Å². The summed E-state index contributed by atoms with van der Waals surface area (Å²) in [5, 5.41) is 4.06. The smallest absolute Gasteiger partial charge is 0.267 e. The highest BCUT2D eigenvalue weighted by Gasteiger charge is 2.10. The van der Waals surface area contributed by atoms with Crippen molar-refractivity contribution in [3.05, 3.63) is 62.2 Å². The van der Waals surface area contributed by atoms with Crippen LogP contribution in [0.2, 0.25) is 0 Å². The molecule has 0 aliphatic rings. The molecule has 0 bridgehead atoms. The maximum atomic E-state index is 12.2. The summed E-state index contributed by atoms with van der Waals surface area (Å²) in [4.78, 5) is 12.2. The SMILES string of the molecule is CCOc1cc(/C=N/NC(=O)/C(C)=C/c2ccccc2C)cc(I)c1OC. The van der Waals surface area contributed by atoms with Crippen LogP contribution in [0, 0.1) is 10.5 Å². The number of benzene rings is 2. The molecule has 0 saturated heterocycles. The first-order chi connectivity index (χ1) is 13.0. The van der Waals surface area contributed by atoms with Crippen molar-refractivity contribution in [2.75, 3.05) is 13.7 Å². The average Bonchev–Trinajstić information content (AvgIpc) is 2.63. The van der Waals surface area contributed by atoms with E-state index in [0.717, 1.165) is 20.3 Å². The van der Waals surface area contributed by atoms with Crippen LogP contribution >= 0.6 is 22.6 Å². The molecule has 0 fully saturated rings. The number of amides is 1. The summed E-state index contributed by atoms with van der Waals surface area (Å²) < 4.78 is 11.9. The van der Waals surface area contributed by atoms with Crippen molar-refractivity contribution in [1.82, 2.24) is 5.43 Å². The Morgan fingerprint density at radius 3 is 2.70 bits per heavy atom. The molecule has 0 aromatic heterocycles. The molecule has 0 saturated carbocycles. The first-order valence-electron chi connectivity index (χ1n) is 8.54. The molecule has 2 aromatic carbocycles. The van der Waals surface area contributed by atoms with Gasteiger partial charge in [0.15, 0.2) is 11.5 Å². The van der Waals surface area contributed by atoms with E-state index in [9.17, 15) is 4.79 Å². The Morgan fingerprint density at radius 1 is 1.30 bits per heavy atom. The van der Waals surface area contributed by atoms with Crippen molar-refractivity contribution in [2.45, 2.75) is 20.8 Å². The standard InChI is InChI=1S/C21H23IN2O3/c1-5-27-19-12-16(11-18(22)20(19)26-4)13-23-24-21(25)15(3)10-17-9-7-6-8-14(17)2/h6-13H,5H2,1-4H3,(H,24,25)/b15-10+,23-13+. The van der Waals surface area contributed by atoms with Gasteiger partial charge in [0.1, 0.15) is 0 Å². The van der Waals surface area contributed by atoms with E-state index in [4.69, 9.17) is 9.47 Å². The van der Waals surface area contributed by atoms with E-state index >= 15 is 0 Å². The molecular weight excluding hydrogens is 455 g/mol. The zero-order valence-corrected chi connectivity index (χ0v) is 18.0. The van der Waals surface area contributed by atoms with Gasteiger partial charge in [-0.25, -0.2) is 5.43 Å². The fourth-order valence-corrected chi connectivity index (χ4v) is 3.27. The summed E-state index contributed by atoms with van der Waals surface area (Å²) >= 11 is 2.18. The highest BCUT2D eigenvalue weighted by molar-refractivity contribution is 14.1. The summed E-state index contributed by atoms with van der Waals surface area (Å²) in [7, 11) is 1.61. The molecule has 142 valence electrons. The third-order valence-corrected chi connectivity index (χ3v) is 4.64. The average molecular weight is 478 g/mol. The predicted octanol–water partition coefficient (Wildman–Crippen LogP) is 4.56. The van der Waals surface area contributed by atoms with Crippen molar-refractivity contribution < 1.29 is 14.3 Å². The minimum Gasteiger partial charge on any atom is -0.492 e. The Balaban J connectivity index is 2.10. The summed E-state index contributed by atoms with van der Waals surface area (Å²) in [6, 6.07) is 11.6. The molecule has 2 rings (SSSR count). The number of nitrogens with zero attached hydrogens (tertiary/aromatic N) is 1. The molecular formula is C21H23IN2O3. The maximum Gasteiger partial charge on any atom is 0.267 e. The molecule has 0 unspecified atom stereocenters. The van der Waals surface area contributed by atoms with Gasteiger partial charge in [-0.3, -0.25) is 4.79 Å². The second-order valence-electron chi connectivity index (χ2n) is 5.85. The normalized spacial score (nSPS) is 11.5. The lowest BCUT2D eigenvalue weighted by Gasteiger charge is -2.11. The second-order valence-corrected chi connectivity index (χ2v) is 7.01. The Hall–Kier alpha value is -2.35. The van der Waals surface area contributed by atoms with E-state index in [-0.39, 0.29) is 5.91 Å². The largest absolute Gasteiger partial charge is 0.492 e. The van der Waals surface area contributed by atoms with Gasteiger partial charge in [0.25, 0.3) is 5.91 Å². The van der Waals surface area contributed by atoms with E-state index in [1.165, 1.54) is 0 Å². The Kier molecular flexibility index (Phi) is 7.84. The second kappa shape index (κ2) is 10.1. The molecule has 0 atom stereocenters. The number of rotatable bonds is 7. The molecule has 0 heterocycles. The molecule has 1 amide bonds. The number of carbonyl (C=O) groups is 1. The Bertz CT molecular complexity index is 876. The molecule has 0 aliphatic carbocycles. The quantitative estimate of drug-likeness (QED) is 0.275. The number of hydrogen-bond donors (Lipinski definition) is 1. The Labute approximate surface area is 173 Å². The Morgan fingerprint density at radius 2 is 2.04 bits per heavy atom. The minimum absolute atomic E-state index is 0.247. The molecule has 2 aromatic rings. The molecule has 0 aliphatic heterocycles. The van der Waals surface area contributed by atoms with Gasteiger partial charge in [0.2, 0.25) is 0 Å². The van der Waals surface area contributed by atoms with Crippen LogP contribution in [0.1, 0.15) is 30.5 Å². The van der Waals surface area contributed by atoms with Gasteiger partial charge in [-0.05, 0) is 78.3 Å². The predicted molar refractivity (Wildman–Crippen MR) is 117 cm³/mol. The van der Waals surface area contributed by atoms with Crippen LogP contribution in [0.15, 0.2) is 47.1 Å². The fraction of sp³-hybridized carbons (Fsp3) is 0.238. The van der Waals surface area contributed by atoms with Gasteiger partial charge < -0.3 is 9.47 Å². The first-order valence-corrected chi connectivity index (χ1v) is 9.61. The van der Waals surface area contributed by atoms with E-state index in [2.05, 4.69) is 33.1 Å². The van der Waals surface area contributed by atoms with Crippen molar-refractivity contribution in [2.24, 2.45) is 5.10 Å². The van der Waals surface area contributed by atoms with Crippen LogP contribution < -0.4 is 14.9 Å². The van der Waals surface area contributed by atoms with Gasteiger partial charge >= 0.3 is 0 Å². The lowest BCUT2D eigenvalue weighted by Crippen LogP contribution is -2.18. The number of ether oxygens (including phenoxy) is 2. The number of hydrogen-bond acceptors (Lipinski definition) is 4. The van der Waals surface area contributed by atoms with Crippen LogP contribution in [0.25, 0.3) is 6.08 Å². The van der Waals surface area contributed by atoms with E-state index in [1.807, 2.05) is 56.3 Å². The zero-order chi connectivity index (χ0) is 19.8. The van der Waals surface area contributed by atoms with Crippen molar-refractivity contribution in [3.63, 3.8) is 0 Å². The van der Waals surface area contributed by atoms with Gasteiger partial charge in [0, 0.05) is 5.57 Å². The third kappa shape index (κ3) is 5.82. The maximum absolute atomic E-state index is 12.2. The summed E-state index contributed by atoms with van der Waals surface area (Å²) in [5.74, 6) is 1.09. The highest BCUT2D eigenvalue weighted by Crippen LogP contribution is 2.33. The highest BCUT2D eigenvalue weighted by atomic mass is 127. The number of aryl methyl sites for hydroxylation is 1. The topological polar surface area (TPSA) is 59.9 Å². The number of halogens is 1. The van der Waals surface area contributed by atoms with Crippen molar-refractivity contribution >= 4 is 40.8 Å². The summed E-state index contributed by atoms with van der Waals surface area (Å²) in [5.41, 5.74) is 6.08. The van der Waals surface area contributed by atoms with E-state index in [0.29, 0.717) is 23.7 Å². The van der Waals surface area contributed by atoms with E-state index in [1.54, 1.807) is 20.2 Å². The lowest BCUT2D eigenvalue weighted by atomic mass is 10.1. The van der Waals surface area contributed by atoms with Crippen molar-refractivity contribution in [1.29, 1.82) is 0 Å². The monoisotopic (exact) mass is 478 g/mol. The van der Waals surface area contributed by atoms with Gasteiger partial charge in [-0.2, -0.15) is 5.10 Å². The molecule has 0 spiro atoms. The zero-order valence-electron chi connectivity index (χ0n) is 15.9. The van der Waals surface area contributed by atoms with Crippen LogP contribution in [-0.2, 0) is 4.79 Å². The van der Waals surface area contributed by atoms with Crippen LogP contribution in [0.4, 0.5) is 0 Å².